The zero-order chi connectivity index (χ0) is 15.5. The molecule has 0 aliphatic carbocycles. The summed E-state index contributed by atoms with van der Waals surface area (Å²) in [5.41, 5.74) is -0.217. The number of benzene rings is 1. The molecule has 21 heavy (non-hydrogen) atoms. The normalized spacial score (nSPS) is 20.0. The van der Waals surface area contributed by atoms with Crippen LogP contribution in [0.2, 0.25) is 0 Å². The first-order valence-electron chi connectivity index (χ1n) is 6.55. The molecule has 0 radical (unpaired) electrons. The summed E-state index contributed by atoms with van der Waals surface area (Å²) in [5.74, 6) is -1.46. The van der Waals surface area contributed by atoms with Gasteiger partial charge in [-0.1, -0.05) is 12.1 Å². The Hall–Kier alpha value is -2.05. The van der Waals surface area contributed by atoms with Gasteiger partial charge < -0.3 is 4.74 Å². The average Bonchev–Trinajstić information content (AvgIpc) is 2.97. The molecule has 6 heteroatoms. The fraction of sp³-hybridized carbons (Fsp3) is 0.467. The fourth-order valence-corrected chi connectivity index (χ4v) is 2.59. The highest BCUT2D eigenvalue weighted by molar-refractivity contribution is 5.31. The Kier molecular flexibility index (Phi) is 4.50. The van der Waals surface area contributed by atoms with Crippen molar-refractivity contribution < 1.29 is 17.9 Å². The first-order valence-corrected chi connectivity index (χ1v) is 6.55. The van der Waals surface area contributed by atoms with E-state index >= 15 is 0 Å². The topological polar surface area (TPSA) is 56.8 Å². The number of nitriles is 2. The van der Waals surface area contributed by atoms with Crippen LogP contribution in [0.5, 0.6) is 0 Å². The van der Waals surface area contributed by atoms with Gasteiger partial charge in [0, 0.05) is 12.5 Å². The summed E-state index contributed by atoms with van der Waals surface area (Å²) >= 11 is 0. The summed E-state index contributed by atoms with van der Waals surface area (Å²) in [6.45, 7) is 0.547. The maximum Gasteiger partial charge on any atom is 0.416 e. The van der Waals surface area contributed by atoms with Crippen molar-refractivity contribution in [1.82, 2.24) is 0 Å². The lowest BCUT2D eigenvalue weighted by atomic mass is 9.82. The SMILES string of the molecule is N#CC(C#N)C(c1ccc(C(F)(F)F)cc1)C1CCCO1. The van der Waals surface area contributed by atoms with Crippen LogP contribution in [0.3, 0.4) is 0 Å². The van der Waals surface area contributed by atoms with Crippen molar-refractivity contribution in [3.05, 3.63) is 35.4 Å². The molecule has 0 amide bonds. The molecule has 1 aliphatic rings. The Morgan fingerprint density at radius 3 is 2.19 bits per heavy atom. The van der Waals surface area contributed by atoms with Crippen molar-refractivity contribution in [2.75, 3.05) is 6.61 Å². The van der Waals surface area contributed by atoms with Gasteiger partial charge >= 0.3 is 6.18 Å². The minimum Gasteiger partial charge on any atom is -0.377 e. The van der Waals surface area contributed by atoms with Crippen LogP contribution in [0.15, 0.2) is 24.3 Å². The van der Waals surface area contributed by atoms with Gasteiger partial charge in [-0.15, -0.1) is 0 Å². The summed E-state index contributed by atoms with van der Waals surface area (Å²) in [4.78, 5) is 0. The molecule has 0 aromatic heterocycles. The molecule has 0 N–H and O–H groups in total. The van der Waals surface area contributed by atoms with Gasteiger partial charge in [0.2, 0.25) is 0 Å². The molecule has 1 saturated heterocycles. The number of hydrogen-bond acceptors (Lipinski definition) is 3. The Morgan fingerprint density at radius 2 is 1.76 bits per heavy atom. The van der Waals surface area contributed by atoms with Crippen LogP contribution in [0.1, 0.15) is 29.9 Å². The van der Waals surface area contributed by atoms with Gasteiger partial charge in [0.25, 0.3) is 0 Å². The molecule has 110 valence electrons. The lowest BCUT2D eigenvalue weighted by Gasteiger charge is -2.24. The van der Waals surface area contributed by atoms with Gasteiger partial charge in [-0.2, -0.15) is 23.7 Å². The molecule has 0 bridgehead atoms. The van der Waals surface area contributed by atoms with E-state index in [9.17, 15) is 13.2 Å². The standard InChI is InChI=1S/C15H13F3N2O/c16-15(17,18)12-5-3-10(4-6-12)14(11(8-19)9-20)13-2-1-7-21-13/h3-6,11,13-14H,1-2,7H2. The molecule has 1 heterocycles. The second-order valence-electron chi connectivity index (χ2n) is 4.93. The van der Waals surface area contributed by atoms with E-state index in [0.717, 1.165) is 18.6 Å². The number of halogens is 3. The van der Waals surface area contributed by atoms with Crippen LogP contribution in [-0.2, 0) is 10.9 Å². The van der Waals surface area contributed by atoms with Gasteiger partial charge in [-0.05, 0) is 30.5 Å². The van der Waals surface area contributed by atoms with Crippen LogP contribution >= 0.6 is 0 Å². The molecule has 0 spiro atoms. The van der Waals surface area contributed by atoms with Gasteiger partial charge in [-0.3, -0.25) is 0 Å². The first kappa shape index (κ1) is 15.3. The summed E-state index contributed by atoms with van der Waals surface area (Å²) in [6, 6.07) is 8.43. The Bertz CT molecular complexity index is 549. The van der Waals surface area contributed by atoms with Gasteiger partial charge in [0.1, 0.15) is 5.92 Å². The minimum absolute atomic E-state index is 0.300. The number of ether oxygens (including phenoxy) is 1. The van der Waals surface area contributed by atoms with E-state index in [-0.39, 0.29) is 6.10 Å². The quantitative estimate of drug-likeness (QED) is 0.855. The summed E-state index contributed by atoms with van der Waals surface area (Å²) < 4.78 is 43.3. The van der Waals surface area contributed by atoms with Crippen molar-refractivity contribution in [2.45, 2.75) is 31.0 Å². The molecule has 2 atom stereocenters. The zero-order valence-electron chi connectivity index (χ0n) is 11.1. The highest BCUT2D eigenvalue weighted by Gasteiger charge is 2.35. The van der Waals surface area contributed by atoms with Gasteiger partial charge in [0.15, 0.2) is 0 Å². The van der Waals surface area contributed by atoms with Crippen molar-refractivity contribution in [3.8, 4) is 12.1 Å². The Labute approximate surface area is 120 Å². The molecule has 2 rings (SSSR count). The molecular formula is C15H13F3N2O. The molecule has 1 aliphatic heterocycles. The molecular weight excluding hydrogens is 281 g/mol. The Balaban J connectivity index is 2.33. The monoisotopic (exact) mass is 294 g/mol. The van der Waals surface area contributed by atoms with E-state index in [1.807, 2.05) is 12.1 Å². The highest BCUT2D eigenvalue weighted by atomic mass is 19.4. The minimum atomic E-state index is -4.40. The second-order valence-corrected chi connectivity index (χ2v) is 4.93. The predicted octanol–water partition coefficient (Wildman–Crippen LogP) is 3.63. The third kappa shape index (κ3) is 3.34. The van der Waals surface area contributed by atoms with E-state index in [0.29, 0.717) is 18.6 Å². The smallest absolute Gasteiger partial charge is 0.377 e. The van der Waals surface area contributed by atoms with Crippen molar-refractivity contribution in [1.29, 1.82) is 10.5 Å². The molecule has 1 fully saturated rings. The molecule has 1 aromatic rings. The summed E-state index contributed by atoms with van der Waals surface area (Å²) in [7, 11) is 0. The first-order chi connectivity index (χ1) is 9.97. The van der Waals surface area contributed by atoms with Crippen LogP contribution in [0.25, 0.3) is 0 Å². The van der Waals surface area contributed by atoms with Crippen LogP contribution in [-0.4, -0.2) is 12.7 Å². The fourth-order valence-electron chi connectivity index (χ4n) is 2.59. The van der Waals surface area contributed by atoms with Crippen molar-refractivity contribution in [3.63, 3.8) is 0 Å². The lowest BCUT2D eigenvalue weighted by Crippen LogP contribution is -2.24. The highest BCUT2D eigenvalue weighted by Crippen LogP contribution is 2.36. The maximum atomic E-state index is 12.6. The van der Waals surface area contributed by atoms with Crippen LogP contribution < -0.4 is 0 Å². The Morgan fingerprint density at radius 1 is 1.14 bits per heavy atom. The predicted molar refractivity (Wildman–Crippen MR) is 67.9 cm³/mol. The number of rotatable bonds is 3. The van der Waals surface area contributed by atoms with Crippen LogP contribution in [0, 0.1) is 28.6 Å². The number of hydrogen-bond donors (Lipinski definition) is 0. The molecule has 1 aromatic carbocycles. The van der Waals surface area contributed by atoms with E-state index in [4.69, 9.17) is 15.3 Å². The van der Waals surface area contributed by atoms with E-state index in [1.54, 1.807) is 0 Å². The van der Waals surface area contributed by atoms with Gasteiger partial charge in [0.05, 0.1) is 23.8 Å². The van der Waals surface area contributed by atoms with E-state index < -0.39 is 23.6 Å². The largest absolute Gasteiger partial charge is 0.416 e. The number of nitrogens with zero attached hydrogens (tertiary/aromatic N) is 2. The molecule has 3 nitrogen and oxygen atoms in total. The van der Waals surface area contributed by atoms with Crippen molar-refractivity contribution >= 4 is 0 Å². The average molecular weight is 294 g/mol. The summed E-state index contributed by atoms with van der Waals surface area (Å²) in [6.07, 6.45) is -3.18. The van der Waals surface area contributed by atoms with Gasteiger partial charge in [-0.25, -0.2) is 0 Å². The van der Waals surface area contributed by atoms with Crippen molar-refractivity contribution in [2.24, 2.45) is 5.92 Å². The third-order valence-electron chi connectivity index (χ3n) is 3.63. The van der Waals surface area contributed by atoms with E-state index in [1.165, 1.54) is 12.1 Å². The van der Waals surface area contributed by atoms with Crippen LogP contribution in [0.4, 0.5) is 13.2 Å². The molecule has 2 unspecified atom stereocenters. The lowest BCUT2D eigenvalue weighted by molar-refractivity contribution is -0.137. The summed E-state index contributed by atoms with van der Waals surface area (Å²) in [5, 5.41) is 18.2. The zero-order valence-corrected chi connectivity index (χ0v) is 11.1. The van der Waals surface area contributed by atoms with E-state index in [2.05, 4.69) is 0 Å². The maximum absolute atomic E-state index is 12.6. The molecule has 0 saturated carbocycles. The number of alkyl halides is 3. The second kappa shape index (κ2) is 6.15. The third-order valence-corrected chi connectivity index (χ3v) is 3.63.